The second-order valence-electron chi connectivity index (χ2n) is 11.2. The number of nitrogens with two attached hydrogens (primary N) is 2. The van der Waals surface area contributed by atoms with Gasteiger partial charge >= 0.3 is 0 Å². The van der Waals surface area contributed by atoms with E-state index in [1.54, 1.807) is 24.3 Å². The first-order chi connectivity index (χ1) is 21.0. The largest absolute Gasteiger partial charge is 0.508 e. The van der Waals surface area contributed by atoms with Crippen LogP contribution in [0.2, 0.25) is 0 Å². The molecule has 3 rings (SSSR count). The molecule has 1 saturated heterocycles. The van der Waals surface area contributed by atoms with Crippen molar-refractivity contribution < 1.29 is 34.5 Å². The van der Waals surface area contributed by atoms with Gasteiger partial charge in [-0.1, -0.05) is 31.2 Å². The van der Waals surface area contributed by atoms with Crippen LogP contribution in [0.15, 0.2) is 53.5 Å². The molecular weight excluding hydrogens is 568 g/mol. The minimum atomic E-state index is -1.47. The summed E-state index contributed by atoms with van der Waals surface area (Å²) >= 11 is 0. The number of aliphatic hydroxyl groups is 1. The van der Waals surface area contributed by atoms with Gasteiger partial charge in [-0.25, -0.2) is 0 Å². The minimum Gasteiger partial charge on any atom is -0.508 e. The lowest BCUT2D eigenvalue weighted by Crippen LogP contribution is -2.56. The lowest BCUT2D eigenvalue weighted by molar-refractivity contribution is -0.143. The Bertz CT molecular complexity index is 1300. The third-order valence-electron chi connectivity index (χ3n) is 7.50. The number of nitrogens with one attached hydrogen (secondary N) is 2. The molecule has 2 aromatic rings. The summed E-state index contributed by atoms with van der Waals surface area (Å²) < 4.78 is 0. The van der Waals surface area contributed by atoms with E-state index in [2.05, 4.69) is 15.6 Å². The van der Waals surface area contributed by atoms with Crippen molar-refractivity contribution >= 4 is 30.0 Å². The lowest BCUT2D eigenvalue weighted by Gasteiger charge is -2.30. The summed E-state index contributed by atoms with van der Waals surface area (Å²) in [7, 11) is 0. The molecule has 1 unspecified atom stereocenters. The molecule has 238 valence electrons. The number of hydrogen-bond acceptors (Lipinski definition) is 8. The molecule has 13 nitrogen and oxygen atoms in total. The molecular formula is C31H42N6O7. The first-order valence-corrected chi connectivity index (χ1v) is 14.6. The van der Waals surface area contributed by atoms with E-state index < -0.39 is 42.0 Å². The van der Waals surface area contributed by atoms with Gasteiger partial charge < -0.3 is 47.1 Å². The molecule has 44 heavy (non-hydrogen) atoms. The number of aromatic hydroxyl groups is 2. The monoisotopic (exact) mass is 610 g/mol. The third kappa shape index (κ3) is 10.3. The fourth-order valence-corrected chi connectivity index (χ4v) is 5.16. The van der Waals surface area contributed by atoms with Crippen LogP contribution in [-0.4, -0.2) is 87.5 Å². The number of aryl methyl sites for hydroxylation is 1. The summed E-state index contributed by atoms with van der Waals surface area (Å²) in [6.07, 6.45) is 0.819. The average molecular weight is 611 g/mol. The van der Waals surface area contributed by atoms with Gasteiger partial charge in [0.1, 0.15) is 36.0 Å². The molecule has 1 aliphatic heterocycles. The molecule has 0 bridgehead atoms. The zero-order valence-corrected chi connectivity index (χ0v) is 24.8. The Hall–Kier alpha value is -4.65. The molecule has 1 fully saturated rings. The van der Waals surface area contributed by atoms with Crippen molar-refractivity contribution in [1.29, 1.82) is 0 Å². The smallest absolute Gasteiger partial charge is 0.249 e. The number of phenolic OH excluding ortho intramolecular Hbond substituents is 2. The van der Waals surface area contributed by atoms with Gasteiger partial charge in [-0.3, -0.25) is 19.4 Å². The first-order valence-electron chi connectivity index (χ1n) is 14.6. The standard InChI is InChI=1S/C31H42N6O7/c1-19-15-26(28(42)35-22(18-38)3-2-14-34-31(32)33)37(17-19)30(44)25(13-8-20-4-9-23(39)10-5-20)36-29(43)27(41)16-21-6-11-24(40)12-7-21/h4-7,9-12,18-19,22,25-27,39-41H,2-3,8,13-17H2,1H3,(H,35,42)(H,36,43)(H4,32,33,34)/t19-,22?,25+,26-,27+/m0/s1. The van der Waals surface area contributed by atoms with E-state index in [1.165, 1.54) is 29.2 Å². The number of likely N-dealkylation sites (tertiary alicyclic amines) is 1. The van der Waals surface area contributed by atoms with E-state index in [0.717, 1.165) is 5.56 Å². The Labute approximate surface area is 256 Å². The van der Waals surface area contributed by atoms with Crippen molar-refractivity contribution in [1.82, 2.24) is 15.5 Å². The highest BCUT2D eigenvalue weighted by Crippen LogP contribution is 2.25. The normalized spacial score (nSPS) is 18.1. The molecule has 9 N–H and O–H groups in total. The number of rotatable bonds is 15. The number of guanidine groups is 1. The predicted octanol–water partition coefficient (Wildman–Crippen LogP) is 0.0931. The van der Waals surface area contributed by atoms with Gasteiger partial charge in [0.2, 0.25) is 17.7 Å². The van der Waals surface area contributed by atoms with Crippen molar-refractivity contribution in [3.05, 3.63) is 59.7 Å². The topological polar surface area (TPSA) is 221 Å². The molecule has 1 heterocycles. The van der Waals surface area contributed by atoms with Crippen molar-refractivity contribution in [2.75, 3.05) is 13.1 Å². The lowest BCUT2D eigenvalue weighted by atomic mass is 10.0. The summed E-state index contributed by atoms with van der Waals surface area (Å²) in [5.74, 6) is -1.64. The molecule has 2 aromatic carbocycles. The van der Waals surface area contributed by atoms with Crippen LogP contribution in [0.4, 0.5) is 0 Å². The number of carbonyl (C=O) groups excluding carboxylic acids is 4. The predicted molar refractivity (Wildman–Crippen MR) is 163 cm³/mol. The fourth-order valence-electron chi connectivity index (χ4n) is 5.16. The van der Waals surface area contributed by atoms with Gasteiger partial charge in [-0.15, -0.1) is 0 Å². The van der Waals surface area contributed by atoms with E-state index in [-0.39, 0.29) is 42.8 Å². The summed E-state index contributed by atoms with van der Waals surface area (Å²) in [4.78, 5) is 57.3. The van der Waals surface area contributed by atoms with Crippen molar-refractivity contribution in [2.45, 2.75) is 69.7 Å². The number of carbonyl (C=O) groups is 4. The molecule has 0 spiro atoms. The van der Waals surface area contributed by atoms with Crippen LogP contribution in [-0.2, 0) is 32.0 Å². The number of aliphatic hydroxyl groups excluding tert-OH is 1. The maximum Gasteiger partial charge on any atom is 0.249 e. The van der Waals surface area contributed by atoms with Gasteiger partial charge in [0.25, 0.3) is 0 Å². The number of aldehydes is 1. The highest BCUT2D eigenvalue weighted by Gasteiger charge is 2.41. The maximum absolute atomic E-state index is 13.9. The van der Waals surface area contributed by atoms with E-state index in [0.29, 0.717) is 44.1 Å². The molecule has 0 saturated carbocycles. The zero-order valence-electron chi connectivity index (χ0n) is 24.8. The highest BCUT2D eigenvalue weighted by molar-refractivity contribution is 5.94. The van der Waals surface area contributed by atoms with E-state index >= 15 is 0 Å². The Morgan fingerprint density at radius 1 is 1.00 bits per heavy atom. The molecule has 3 amide bonds. The number of aliphatic imine (C=N–C) groups is 1. The number of benzene rings is 2. The average Bonchev–Trinajstić information content (AvgIpc) is 3.39. The number of amides is 3. The Morgan fingerprint density at radius 3 is 2.20 bits per heavy atom. The maximum atomic E-state index is 13.9. The minimum absolute atomic E-state index is 0.0141. The molecule has 0 aliphatic carbocycles. The summed E-state index contributed by atoms with van der Waals surface area (Å²) in [5.41, 5.74) is 12.1. The van der Waals surface area contributed by atoms with Gasteiger partial charge in [-0.05, 0) is 73.4 Å². The highest BCUT2D eigenvalue weighted by atomic mass is 16.3. The van der Waals surface area contributed by atoms with Crippen molar-refractivity contribution in [3.63, 3.8) is 0 Å². The second-order valence-corrected chi connectivity index (χ2v) is 11.2. The zero-order chi connectivity index (χ0) is 32.2. The summed E-state index contributed by atoms with van der Waals surface area (Å²) in [6.45, 7) is 2.48. The first kappa shape index (κ1) is 33.8. The van der Waals surface area contributed by atoms with Crippen LogP contribution in [0.1, 0.15) is 43.7 Å². The van der Waals surface area contributed by atoms with Gasteiger partial charge in [0.15, 0.2) is 5.96 Å². The number of hydrogen-bond donors (Lipinski definition) is 7. The molecule has 13 heteroatoms. The summed E-state index contributed by atoms with van der Waals surface area (Å²) in [5, 5.41) is 35.1. The van der Waals surface area contributed by atoms with Crippen LogP contribution >= 0.6 is 0 Å². The molecule has 5 atom stereocenters. The van der Waals surface area contributed by atoms with Gasteiger partial charge in [-0.2, -0.15) is 0 Å². The number of phenols is 2. The quantitative estimate of drug-likeness (QED) is 0.0628. The van der Waals surface area contributed by atoms with Gasteiger partial charge in [0, 0.05) is 19.5 Å². The summed E-state index contributed by atoms with van der Waals surface area (Å²) in [6, 6.07) is 9.82. The Balaban J connectivity index is 1.73. The van der Waals surface area contributed by atoms with Crippen LogP contribution in [0.25, 0.3) is 0 Å². The van der Waals surface area contributed by atoms with Crippen LogP contribution < -0.4 is 22.1 Å². The molecule has 1 aliphatic rings. The van der Waals surface area contributed by atoms with E-state index in [4.69, 9.17) is 11.5 Å². The fraction of sp³-hybridized carbons (Fsp3) is 0.452. The van der Waals surface area contributed by atoms with Crippen LogP contribution in [0.5, 0.6) is 11.5 Å². The Kier molecular flexibility index (Phi) is 12.5. The number of nitrogens with zero attached hydrogens (tertiary/aromatic N) is 2. The van der Waals surface area contributed by atoms with E-state index in [1.807, 2.05) is 6.92 Å². The van der Waals surface area contributed by atoms with Crippen LogP contribution in [0, 0.1) is 5.92 Å². The van der Waals surface area contributed by atoms with E-state index in [9.17, 15) is 34.5 Å². The van der Waals surface area contributed by atoms with Gasteiger partial charge in [0.05, 0.1) is 6.04 Å². The SMILES string of the molecule is C[C@H]1C[C@@H](C(=O)NC(C=O)CCCN=C(N)N)N(C(=O)[C@@H](CCc2ccc(O)cc2)NC(=O)[C@H](O)Cc2ccc(O)cc2)C1. The Morgan fingerprint density at radius 2 is 1.61 bits per heavy atom. The molecule has 0 aromatic heterocycles. The molecule has 0 radical (unpaired) electrons. The second kappa shape index (κ2) is 16.3. The van der Waals surface area contributed by atoms with Crippen LogP contribution in [0.3, 0.4) is 0 Å². The van der Waals surface area contributed by atoms with Crippen molar-refractivity contribution in [3.8, 4) is 11.5 Å². The third-order valence-corrected chi connectivity index (χ3v) is 7.50. The van der Waals surface area contributed by atoms with Crippen molar-refractivity contribution in [2.24, 2.45) is 22.4 Å².